The fraction of sp³-hybridized carbons (Fsp3) is 0.455. The van der Waals surface area contributed by atoms with Crippen molar-refractivity contribution in [2.45, 2.75) is 20.8 Å². The van der Waals surface area contributed by atoms with Crippen molar-refractivity contribution in [1.29, 1.82) is 0 Å². The zero-order chi connectivity index (χ0) is 11.5. The molecule has 4 nitrogen and oxygen atoms in total. The van der Waals surface area contributed by atoms with E-state index in [0.29, 0.717) is 0 Å². The lowest BCUT2D eigenvalue weighted by molar-refractivity contribution is 0.0690. The molecule has 0 saturated carbocycles. The number of nitrogens with zero attached hydrogens (tertiary/aromatic N) is 1. The van der Waals surface area contributed by atoms with Crippen molar-refractivity contribution in [1.82, 2.24) is 4.98 Å². The monoisotopic (exact) mass is 208 g/mol. The molecule has 82 valence electrons. The number of pyridine rings is 1. The zero-order valence-corrected chi connectivity index (χ0v) is 9.24. The summed E-state index contributed by atoms with van der Waals surface area (Å²) in [6.07, 6.45) is 1.49. The predicted molar refractivity (Wildman–Crippen MR) is 59.1 cm³/mol. The van der Waals surface area contributed by atoms with Gasteiger partial charge < -0.3 is 10.4 Å². The maximum atomic E-state index is 10.7. The Morgan fingerprint density at radius 3 is 2.73 bits per heavy atom. The lowest BCUT2D eigenvalue weighted by Crippen LogP contribution is -2.19. The quantitative estimate of drug-likeness (QED) is 0.799. The molecule has 0 amide bonds. The summed E-state index contributed by atoms with van der Waals surface area (Å²) in [4.78, 5) is 14.4. The van der Waals surface area contributed by atoms with Gasteiger partial charge in [-0.05, 0) is 17.5 Å². The molecular formula is C11H16N2O2. The highest BCUT2D eigenvalue weighted by Crippen LogP contribution is 2.15. The number of hydrogen-bond acceptors (Lipinski definition) is 3. The van der Waals surface area contributed by atoms with Gasteiger partial charge in [-0.25, -0.2) is 9.78 Å². The van der Waals surface area contributed by atoms with Gasteiger partial charge in [0, 0.05) is 18.4 Å². The lowest BCUT2D eigenvalue weighted by atomic mass is 9.97. The van der Waals surface area contributed by atoms with Gasteiger partial charge in [0.2, 0.25) is 0 Å². The van der Waals surface area contributed by atoms with E-state index in [9.17, 15) is 4.79 Å². The third-order valence-electron chi connectivity index (χ3n) is 1.80. The smallest absolute Gasteiger partial charge is 0.354 e. The van der Waals surface area contributed by atoms with Crippen molar-refractivity contribution in [3.8, 4) is 0 Å². The van der Waals surface area contributed by atoms with E-state index in [1.807, 2.05) is 0 Å². The molecule has 1 aromatic heterocycles. The molecule has 0 radical (unpaired) electrons. The van der Waals surface area contributed by atoms with Crippen LogP contribution in [0.1, 0.15) is 31.3 Å². The van der Waals surface area contributed by atoms with E-state index >= 15 is 0 Å². The Bertz CT molecular complexity index is 356. The first-order valence-electron chi connectivity index (χ1n) is 4.82. The Morgan fingerprint density at radius 1 is 1.53 bits per heavy atom. The highest BCUT2D eigenvalue weighted by Gasteiger charge is 2.10. The van der Waals surface area contributed by atoms with Crippen LogP contribution >= 0.6 is 0 Å². The van der Waals surface area contributed by atoms with Gasteiger partial charge in [0.1, 0.15) is 5.69 Å². The minimum Gasteiger partial charge on any atom is -0.477 e. The van der Waals surface area contributed by atoms with Crippen molar-refractivity contribution in [2.75, 3.05) is 11.9 Å². The summed E-state index contributed by atoms with van der Waals surface area (Å²) < 4.78 is 0. The summed E-state index contributed by atoms with van der Waals surface area (Å²) in [5.41, 5.74) is 1.01. The number of carboxylic acids is 1. The van der Waals surface area contributed by atoms with Crippen LogP contribution in [-0.4, -0.2) is 22.6 Å². The van der Waals surface area contributed by atoms with Gasteiger partial charge in [0.25, 0.3) is 0 Å². The van der Waals surface area contributed by atoms with Crippen LogP contribution in [0.5, 0.6) is 0 Å². The van der Waals surface area contributed by atoms with Crippen molar-refractivity contribution in [2.24, 2.45) is 5.41 Å². The second-order valence-corrected chi connectivity index (χ2v) is 4.65. The third kappa shape index (κ3) is 3.97. The van der Waals surface area contributed by atoms with Crippen LogP contribution in [0.3, 0.4) is 0 Å². The normalized spacial score (nSPS) is 11.1. The molecule has 1 aromatic rings. The maximum absolute atomic E-state index is 10.7. The molecule has 0 fully saturated rings. The van der Waals surface area contributed by atoms with E-state index in [1.54, 1.807) is 6.07 Å². The molecule has 0 aliphatic heterocycles. The molecule has 2 N–H and O–H groups in total. The topological polar surface area (TPSA) is 62.2 Å². The van der Waals surface area contributed by atoms with Gasteiger partial charge in [-0.3, -0.25) is 0 Å². The average Bonchev–Trinajstić information content (AvgIpc) is 2.14. The predicted octanol–water partition coefficient (Wildman–Crippen LogP) is 2.24. The fourth-order valence-electron chi connectivity index (χ4n) is 1.02. The first kappa shape index (κ1) is 11.5. The van der Waals surface area contributed by atoms with Crippen molar-refractivity contribution < 1.29 is 9.90 Å². The molecular weight excluding hydrogens is 192 g/mol. The van der Waals surface area contributed by atoms with Gasteiger partial charge in [0.15, 0.2) is 0 Å². The number of carbonyl (C=O) groups is 1. The number of rotatable bonds is 3. The first-order valence-corrected chi connectivity index (χ1v) is 4.82. The van der Waals surface area contributed by atoms with Gasteiger partial charge >= 0.3 is 5.97 Å². The SMILES string of the molecule is CC(C)(C)CNc1ccnc(C(=O)O)c1. The van der Waals surface area contributed by atoms with Crippen LogP contribution < -0.4 is 5.32 Å². The second-order valence-electron chi connectivity index (χ2n) is 4.65. The number of anilines is 1. The van der Waals surface area contributed by atoms with E-state index < -0.39 is 5.97 Å². The number of aromatic carboxylic acids is 1. The molecule has 4 heteroatoms. The summed E-state index contributed by atoms with van der Waals surface area (Å²) in [5.74, 6) is -1.01. The summed E-state index contributed by atoms with van der Waals surface area (Å²) in [6, 6.07) is 3.30. The highest BCUT2D eigenvalue weighted by molar-refractivity contribution is 5.86. The highest BCUT2D eigenvalue weighted by atomic mass is 16.4. The van der Waals surface area contributed by atoms with Gasteiger partial charge in [0.05, 0.1) is 0 Å². The molecule has 0 saturated heterocycles. The first-order chi connectivity index (χ1) is 6.88. The van der Waals surface area contributed by atoms with Gasteiger partial charge in [-0.1, -0.05) is 20.8 Å². The van der Waals surface area contributed by atoms with E-state index in [-0.39, 0.29) is 11.1 Å². The standard InChI is InChI=1S/C11H16N2O2/c1-11(2,3)7-13-8-4-5-12-9(6-8)10(14)15/h4-6H,7H2,1-3H3,(H,12,13)(H,14,15). The van der Waals surface area contributed by atoms with Crippen LogP contribution in [0, 0.1) is 5.41 Å². The summed E-state index contributed by atoms with van der Waals surface area (Å²) >= 11 is 0. The minimum atomic E-state index is -1.01. The summed E-state index contributed by atoms with van der Waals surface area (Å²) in [5, 5.41) is 11.9. The van der Waals surface area contributed by atoms with Crippen LogP contribution in [-0.2, 0) is 0 Å². The average molecular weight is 208 g/mol. The Kier molecular flexibility index (Phi) is 3.29. The van der Waals surface area contributed by atoms with Crippen LogP contribution in [0.25, 0.3) is 0 Å². The van der Waals surface area contributed by atoms with Crippen molar-refractivity contribution in [3.05, 3.63) is 24.0 Å². The second kappa shape index (κ2) is 4.29. The Labute approximate surface area is 89.3 Å². The Morgan fingerprint density at radius 2 is 2.20 bits per heavy atom. The number of hydrogen-bond donors (Lipinski definition) is 2. The van der Waals surface area contributed by atoms with E-state index in [0.717, 1.165) is 12.2 Å². The zero-order valence-electron chi connectivity index (χ0n) is 9.24. The molecule has 1 heterocycles. The molecule has 0 spiro atoms. The molecule has 0 aromatic carbocycles. The minimum absolute atomic E-state index is 0.0638. The Balaban J connectivity index is 2.70. The Hall–Kier alpha value is -1.58. The molecule has 0 unspecified atom stereocenters. The van der Waals surface area contributed by atoms with E-state index in [4.69, 9.17) is 5.11 Å². The third-order valence-corrected chi connectivity index (χ3v) is 1.80. The molecule has 0 aliphatic rings. The largest absolute Gasteiger partial charge is 0.477 e. The number of nitrogens with one attached hydrogen (secondary N) is 1. The molecule has 15 heavy (non-hydrogen) atoms. The van der Waals surface area contributed by atoms with Crippen molar-refractivity contribution in [3.63, 3.8) is 0 Å². The molecule has 0 bridgehead atoms. The molecule has 0 atom stereocenters. The molecule has 1 rings (SSSR count). The van der Waals surface area contributed by atoms with E-state index in [1.165, 1.54) is 12.3 Å². The number of aromatic nitrogens is 1. The van der Waals surface area contributed by atoms with E-state index in [2.05, 4.69) is 31.1 Å². The fourth-order valence-corrected chi connectivity index (χ4v) is 1.02. The summed E-state index contributed by atoms with van der Waals surface area (Å²) in [7, 11) is 0. The van der Waals surface area contributed by atoms with Crippen molar-refractivity contribution >= 4 is 11.7 Å². The molecule has 0 aliphatic carbocycles. The summed E-state index contributed by atoms with van der Waals surface area (Å²) in [6.45, 7) is 7.12. The maximum Gasteiger partial charge on any atom is 0.354 e. The van der Waals surface area contributed by atoms with Crippen LogP contribution in [0.15, 0.2) is 18.3 Å². The van der Waals surface area contributed by atoms with Crippen LogP contribution in [0.2, 0.25) is 0 Å². The lowest BCUT2D eigenvalue weighted by Gasteiger charge is -2.19. The number of carboxylic acid groups (broad SMARTS) is 1. The van der Waals surface area contributed by atoms with Gasteiger partial charge in [-0.2, -0.15) is 0 Å². The van der Waals surface area contributed by atoms with Crippen LogP contribution in [0.4, 0.5) is 5.69 Å². The van der Waals surface area contributed by atoms with Gasteiger partial charge in [-0.15, -0.1) is 0 Å².